The third-order valence-corrected chi connectivity index (χ3v) is 4.23. The van der Waals surface area contributed by atoms with Crippen molar-refractivity contribution in [1.82, 2.24) is 5.32 Å². The number of amides is 2. The molecule has 0 bridgehead atoms. The lowest BCUT2D eigenvalue weighted by molar-refractivity contribution is -0.384. The zero-order valence-corrected chi connectivity index (χ0v) is 14.0. The first-order valence-corrected chi connectivity index (χ1v) is 8.10. The first kappa shape index (κ1) is 17.0. The van der Waals surface area contributed by atoms with E-state index < -0.39 is 11.0 Å². The lowest BCUT2D eigenvalue weighted by Gasteiger charge is -2.25. The van der Waals surface area contributed by atoms with Gasteiger partial charge in [0.05, 0.1) is 22.2 Å². The number of hydrogen-bond donors (Lipinski definition) is 2. The van der Waals surface area contributed by atoms with E-state index in [1.54, 1.807) is 0 Å². The summed E-state index contributed by atoms with van der Waals surface area (Å²) in [4.78, 5) is 22.2. The molecule has 0 aromatic heterocycles. The summed E-state index contributed by atoms with van der Waals surface area (Å²) < 4.78 is 5.68. The van der Waals surface area contributed by atoms with Crippen molar-refractivity contribution in [2.45, 2.75) is 6.42 Å². The first-order valence-electron chi connectivity index (χ1n) is 7.72. The number of nitro benzene ring substituents is 1. The maximum atomic E-state index is 12.0. The molecule has 0 fully saturated rings. The number of para-hydroxylation sites is 1. The van der Waals surface area contributed by atoms with Gasteiger partial charge in [-0.2, -0.15) is 0 Å². The van der Waals surface area contributed by atoms with E-state index >= 15 is 0 Å². The zero-order chi connectivity index (χ0) is 17.8. The summed E-state index contributed by atoms with van der Waals surface area (Å²) in [6, 6.07) is 11.3. The molecule has 1 aliphatic rings. The number of ether oxygens (including phenoxy) is 1. The van der Waals surface area contributed by atoms with Gasteiger partial charge in [-0.05, 0) is 24.1 Å². The van der Waals surface area contributed by atoms with Gasteiger partial charge < -0.3 is 15.4 Å². The molecule has 8 heteroatoms. The van der Waals surface area contributed by atoms with Gasteiger partial charge in [0.2, 0.25) is 0 Å². The lowest BCUT2D eigenvalue weighted by atomic mass is 9.97. The second kappa shape index (κ2) is 7.40. The van der Waals surface area contributed by atoms with Crippen molar-refractivity contribution in [3.8, 4) is 5.75 Å². The van der Waals surface area contributed by atoms with Crippen LogP contribution in [-0.2, 0) is 6.42 Å². The summed E-state index contributed by atoms with van der Waals surface area (Å²) >= 11 is 5.96. The van der Waals surface area contributed by atoms with Gasteiger partial charge >= 0.3 is 6.03 Å². The fourth-order valence-corrected chi connectivity index (χ4v) is 2.87. The minimum Gasteiger partial charge on any atom is -0.493 e. The largest absolute Gasteiger partial charge is 0.493 e. The SMILES string of the molecule is O=C(NC[C@@H]1COc2ccccc2C1)Nc1ccc([N+](=O)[O-])cc1Cl. The van der Waals surface area contributed by atoms with Gasteiger partial charge in [0.1, 0.15) is 5.75 Å². The highest BCUT2D eigenvalue weighted by Gasteiger charge is 2.20. The van der Waals surface area contributed by atoms with Gasteiger partial charge in [-0.3, -0.25) is 10.1 Å². The molecule has 0 spiro atoms. The van der Waals surface area contributed by atoms with E-state index in [0.717, 1.165) is 17.7 Å². The van der Waals surface area contributed by atoms with Gasteiger partial charge in [-0.15, -0.1) is 0 Å². The summed E-state index contributed by atoms with van der Waals surface area (Å²) in [5, 5.41) is 16.2. The number of urea groups is 1. The fraction of sp³-hybridized carbons (Fsp3) is 0.235. The van der Waals surface area contributed by atoms with E-state index in [9.17, 15) is 14.9 Å². The van der Waals surface area contributed by atoms with E-state index in [1.807, 2.05) is 24.3 Å². The molecule has 1 aliphatic heterocycles. The van der Waals surface area contributed by atoms with Crippen LogP contribution in [0.5, 0.6) is 5.75 Å². The zero-order valence-electron chi connectivity index (χ0n) is 13.2. The molecule has 3 rings (SSSR count). The lowest BCUT2D eigenvalue weighted by Crippen LogP contribution is -2.37. The summed E-state index contributed by atoms with van der Waals surface area (Å²) in [5.74, 6) is 1.06. The van der Waals surface area contributed by atoms with Crippen molar-refractivity contribution >= 4 is 29.0 Å². The molecule has 25 heavy (non-hydrogen) atoms. The average molecular weight is 362 g/mol. The molecule has 2 N–H and O–H groups in total. The first-order chi connectivity index (χ1) is 12.0. The minimum atomic E-state index is -0.545. The van der Waals surface area contributed by atoms with E-state index in [2.05, 4.69) is 10.6 Å². The number of nitrogens with zero attached hydrogens (tertiary/aromatic N) is 1. The number of hydrogen-bond acceptors (Lipinski definition) is 4. The number of anilines is 1. The topological polar surface area (TPSA) is 93.5 Å². The van der Waals surface area contributed by atoms with Crippen molar-refractivity contribution in [2.24, 2.45) is 5.92 Å². The molecular formula is C17H16ClN3O4. The van der Waals surface area contributed by atoms with Crippen LogP contribution in [0.3, 0.4) is 0 Å². The number of carbonyl (C=O) groups is 1. The Labute approximate surface area is 149 Å². The van der Waals surface area contributed by atoms with Crippen LogP contribution in [0.25, 0.3) is 0 Å². The molecule has 2 amide bonds. The van der Waals surface area contributed by atoms with Gasteiger partial charge in [0.15, 0.2) is 0 Å². The van der Waals surface area contributed by atoms with Crippen LogP contribution in [0.1, 0.15) is 5.56 Å². The maximum absolute atomic E-state index is 12.0. The average Bonchev–Trinajstić information content (AvgIpc) is 2.61. The number of rotatable bonds is 4. The van der Waals surface area contributed by atoms with Crippen molar-refractivity contribution < 1.29 is 14.5 Å². The number of fused-ring (bicyclic) bond motifs is 1. The second-order valence-corrected chi connectivity index (χ2v) is 6.15. The van der Waals surface area contributed by atoms with E-state index in [-0.39, 0.29) is 16.6 Å². The Kier molecular flexibility index (Phi) is 5.04. The summed E-state index contributed by atoms with van der Waals surface area (Å²) in [6.45, 7) is 0.986. The van der Waals surface area contributed by atoms with Crippen LogP contribution < -0.4 is 15.4 Å². The molecular weight excluding hydrogens is 346 g/mol. The standard InChI is InChI=1S/C17H16ClN3O4/c18-14-8-13(21(23)24)5-6-15(14)20-17(22)19-9-11-7-12-3-1-2-4-16(12)25-10-11/h1-6,8,11H,7,9-10H2,(H2,19,20,22)/t11-/m1/s1. The molecule has 2 aromatic rings. The normalized spacial score (nSPS) is 15.6. The second-order valence-electron chi connectivity index (χ2n) is 5.75. The van der Waals surface area contributed by atoms with Gasteiger partial charge in [0, 0.05) is 24.6 Å². The summed E-state index contributed by atoms with van der Waals surface area (Å²) in [6.07, 6.45) is 0.828. The predicted molar refractivity (Wildman–Crippen MR) is 94.3 cm³/mol. The van der Waals surface area contributed by atoms with Crippen LogP contribution in [-0.4, -0.2) is 24.1 Å². The fourth-order valence-electron chi connectivity index (χ4n) is 2.64. The monoisotopic (exact) mass is 361 g/mol. The molecule has 1 atom stereocenters. The number of halogens is 1. The Hall–Kier alpha value is -2.80. The van der Waals surface area contributed by atoms with Gasteiger partial charge in [-0.25, -0.2) is 4.79 Å². The number of non-ortho nitro benzene ring substituents is 1. The van der Waals surface area contributed by atoms with Crippen LogP contribution in [0, 0.1) is 16.0 Å². The predicted octanol–water partition coefficient (Wildman–Crippen LogP) is 3.62. The van der Waals surface area contributed by atoms with Crippen molar-refractivity contribution in [3.63, 3.8) is 0 Å². The third kappa shape index (κ3) is 4.19. The maximum Gasteiger partial charge on any atom is 0.319 e. The Morgan fingerprint density at radius 3 is 2.88 bits per heavy atom. The van der Waals surface area contributed by atoms with Crippen molar-refractivity contribution in [1.29, 1.82) is 0 Å². The molecule has 2 aromatic carbocycles. The van der Waals surface area contributed by atoms with E-state index in [0.29, 0.717) is 18.8 Å². The van der Waals surface area contributed by atoms with Crippen LogP contribution in [0.2, 0.25) is 5.02 Å². The molecule has 0 unspecified atom stereocenters. The Morgan fingerprint density at radius 2 is 2.12 bits per heavy atom. The molecule has 0 aliphatic carbocycles. The van der Waals surface area contributed by atoms with Crippen LogP contribution in [0.15, 0.2) is 42.5 Å². The Bertz CT molecular complexity index is 812. The molecule has 7 nitrogen and oxygen atoms in total. The highest BCUT2D eigenvalue weighted by molar-refractivity contribution is 6.33. The molecule has 0 saturated carbocycles. The Balaban J connectivity index is 1.53. The number of nitrogens with one attached hydrogen (secondary N) is 2. The van der Waals surface area contributed by atoms with Gasteiger partial charge in [-0.1, -0.05) is 29.8 Å². The minimum absolute atomic E-state index is 0.110. The number of benzene rings is 2. The highest BCUT2D eigenvalue weighted by atomic mass is 35.5. The van der Waals surface area contributed by atoms with Crippen LogP contribution in [0.4, 0.5) is 16.2 Å². The Morgan fingerprint density at radius 1 is 1.32 bits per heavy atom. The van der Waals surface area contributed by atoms with E-state index in [4.69, 9.17) is 16.3 Å². The van der Waals surface area contributed by atoms with Crippen molar-refractivity contribution in [3.05, 3.63) is 63.2 Å². The third-order valence-electron chi connectivity index (χ3n) is 3.92. The smallest absolute Gasteiger partial charge is 0.319 e. The van der Waals surface area contributed by atoms with Crippen LogP contribution >= 0.6 is 11.6 Å². The molecule has 130 valence electrons. The van der Waals surface area contributed by atoms with Crippen molar-refractivity contribution in [2.75, 3.05) is 18.5 Å². The quantitative estimate of drug-likeness (QED) is 0.642. The molecule has 0 saturated heterocycles. The molecule has 0 radical (unpaired) electrons. The molecule has 1 heterocycles. The number of nitro groups is 1. The number of carbonyl (C=O) groups excluding carboxylic acids is 1. The highest BCUT2D eigenvalue weighted by Crippen LogP contribution is 2.27. The van der Waals surface area contributed by atoms with E-state index in [1.165, 1.54) is 18.2 Å². The summed E-state index contributed by atoms with van der Waals surface area (Å²) in [5.41, 5.74) is 1.31. The summed E-state index contributed by atoms with van der Waals surface area (Å²) in [7, 11) is 0. The van der Waals surface area contributed by atoms with Gasteiger partial charge in [0.25, 0.3) is 5.69 Å².